The fraction of sp³-hybridized carbons (Fsp3) is 0.500. The molecule has 1 rings (SSSR count). The molecule has 0 radical (unpaired) electrons. The fourth-order valence-electron chi connectivity index (χ4n) is 1.41. The maximum Gasteiger partial charge on any atom is 0.0372 e. The van der Waals surface area contributed by atoms with Crippen LogP contribution in [0.15, 0.2) is 18.2 Å². The van der Waals surface area contributed by atoms with Crippen LogP contribution in [0.25, 0.3) is 0 Å². The lowest BCUT2D eigenvalue weighted by molar-refractivity contribution is 0.748. The van der Waals surface area contributed by atoms with Gasteiger partial charge in [-0.1, -0.05) is 12.1 Å². The number of rotatable bonds is 5. The predicted molar refractivity (Wildman–Crippen MR) is 62.9 cm³/mol. The molecule has 0 unspecified atom stereocenters. The van der Waals surface area contributed by atoms with E-state index in [2.05, 4.69) is 42.7 Å². The second-order valence-corrected chi connectivity index (χ2v) is 3.70. The van der Waals surface area contributed by atoms with Gasteiger partial charge in [0.15, 0.2) is 0 Å². The topological polar surface area (TPSA) is 24.1 Å². The Morgan fingerprint density at radius 1 is 1.14 bits per heavy atom. The Morgan fingerprint density at radius 2 is 1.93 bits per heavy atom. The molecule has 0 saturated carbocycles. The molecule has 2 N–H and O–H groups in total. The van der Waals surface area contributed by atoms with Crippen LogP contribution in [0.5, 0.6) is 0 Å². The number of aryl methyl sites for hydroxylation is 2. The van der Waals surface area contributed by atoms with E-state index in [1.165, 1.54) is 16.8 Å². The van der Waals surface area contributed by atoms with Gasteiger partial charge in [0.05, 0.1) is 0 Å². The molecule has 0 aliphatic heterocycles. The molecule has 0 saturated heterocycles. The number of hydrogen-bond donors (Lipinski definition) is 2. The first-order chi connectivity index (χ1) is 6.74. The first-order valence-electron chi connectivity index (χ1n) is 5.20. The molecule has 0 bridgehead atoms. The van der Waals surface area contributed by atoms with Gasteiger partial charge < -0.3 is 10.6 Å². The monoisotopic (exact) mass is 192 g/mol. The number of hydrogen-bond acceptors (Lipinski definition) is 2. The summed E-state index contributed by atoms with van der Waals surface area (Å²) in [5.74, 6) is 0. The van der Waals surface area contributed by atoms with Crippen LogP contribution in [0.2, 0.25) is 0 Å². The summed E-state index contributed by atoms with van der Waals surface area (Å²) in [4.78, 5) is 0. The Hall–Kier alpha value is -1.02. The molecule has 0 fully saturated rings. The quantitative estimate of drug-likeness (QED) is 0.700. The maximum atomic E-state index is 3.45. The van der Waals surface area contributed by atoms with E-state index in [1.54, 1.807) is 0 Å². The maximum absolute atomic E-state index is 3.45. The zero-order valence-electron chi connectivity index (χ0n) is 9.35. The van der Waals surface area contributed by atoms with Gasteiger partial charge in [0.1, 0.15) is 0 Å². The summed E-state index contributed by atoms with van der Waals surface area (Å²) in [6.45, 7) is 6.36. The Bertz CT molecular complexity index is 282. The van der Waals surface area contributed by atoms with Gasteiger partial charge in [-0.2, -0.15) is 0 Å². The molecule has 1 aromatic rings. The Kier molecular flexibility index (Phi) is 4.47. The summed E-state index contributed by atoms with van der Waals surface area (Å²) in [7, 11) is 1.98. The third-order valence-electron chi connectivity index (χ3n) is 2.31. The van der Waals surface area contributed by atoms with Crippen molar-refractivity contribution < 1.29 is 0 Å². The number of benzene rings is 1. The van der Waals surface area contributed by atoms with Crippen LogP contribution in [0.4, 0.5) is 5.69 Å². The Balaban J connectivity index is 2.45. The van der Waals surface area contributed by atoms with E-state index in [-0.39, 0.29) is 0 Å². The smallest absolute Gasteiger partial charge is 0.0372 e. The molecule has 0 spiro atoms. The van der Waals surface area contributed by atoms with E-state index in [0.29, 0.717) is 0 Å². The summed E-state index contributed by atoms with van der Waals surface area (Å²) in [5, 5.41) is 6.59. The first kappa shape index (κ1) is 11.1. The largest absolute Gasteiger partial charge is 0.385 e. The zero-order chi connectivity index (χ0) is 10.4. The molecular weight excluding hydrogens is 172 g/mol. The minimum Gasteiger partial charge on any atom is -0.385 e. The Morgan fingerprint density at radius 3 is 2.64 bits per heavy atom. The summed E-state index contributed by atoms with van der Waals surface area (Å²) in [6.07, 6.45) is 1.16. The highest BCUT2D eigenvalue weighted by atomic mass is 14.9. The highest BCUT2D eigenvalue weighted by molar-refractivity contribution is 5.52. The average Bonchev–Trinajstić information content (AvgIpc) is 2.18. The molecule has 2 heteroatoms. The molecule has 78 valence electrons. The van der Waals surface area contributed by atoms with Crippen LogP contribution >= 0.6 is 0 Å². The predicted octanol–water partition coefficient (Wildman–Crippen LogP) is 2.32. The van der Waals surface area contributed by atoms with Crippen LogP contribution in [0.1, 0.15) is 17.5 Å². The highest BCUT2D eigenvalue weighted by Gasteiger charge is 1.96. The van der Waals surface area contributed by atoms with E-state index < -0.39 is 0 Å². The van der Waals surface area contributed by atoms with Crippen molar-refractivity contribution >= 4 is 5.69 Å². The summed E-state index contributed by atoms with van der Waals surface area (Å²) in [5.41, 5.74) is 3.90. The van der Waals surface area contributed by atoms with Crippen LogP contribution in [0.3, 0.4) is 0 Å². The molecule has 0 atom stereocenters. The number of nitrogens with one attached hydrogen (secondary N) is 2. The van der Waals surface area contributed by atoms with Crippen molar-refractivity contribution in [3.63, 3.8) is 0 Å². The van der Waals surface area contributed by atoms with E-state index in [9.17, 15) is 0 Å². The van der Waals surface area contributed by atoms with Crippen molar-refractivity contribution in [3.05, 3.63) is 29.3 Å². The first-order valence-corrected chi connectivity index (χ1v) is 5.20. The van der Waals surface area contributed by atoms with Crippen molar-refractivity contribution in [2.24, 2.45) is 0 Å². The normalized spacial score (nSPS) is 10.2. The van der Waals surface area contributed by atoms with Gasteiger partial charge in [-0.3, -0.25) is 0 Å². The van der Waals surface area contributed by atoms with Gasteiger partial charge in [0.2, 0.25) is 0 Å². The standard InChI is InChI=1S/C12H20N2/c1-10-5-6-11(2)12(9-10)14-8-4-7-13-3/h5-6,9,13-14H,4,7-8H2,1-3H3. The molecule has 0 aliphatic carbocycles. The van der Waals surface area contributed by atoms with Gasteiger partial charge in [0.25, 0.3) is 0 Å². The van der Waals surface area contributed by atoms with Crippen molar-refractivity contribution in [1.82, 2.24) is 5.32 Å². The van der Waals surface area contributed by atoms with Gasteiger partial charge in [0, 0.05) is 12.2 Å². The fourth-order valence-corrected chi connectivity index (χ4v) is 1.41. The molecular formula is C12H20N2. The van der Waals surface area contributed by atoms with Gasteiger partial charge in [-0.05, 0) is 51.1 Å². The number of anilines is 1. The third-order valence-corrected chi connectivity index (χ3v) is 2.31. The van der Waals surface area contributed by atoms with E-state index >= 15 is 0 Å². The highest BCUT2D eigenvalue weighted by Crippen LogP contribution is 2.15. The molecule has 0 amide bonds. The summed E-state index contributed by atoms with van der Waals surface area (Å²) < 4.78 is 0. The lowest BCUT2D eigenvalue weighted by atomic mass is 10.1. The molecule has 0 heterocycles. The lowest BCUT2D eigenvalue weighted by Crippen LogP contribution is -2.13. The van der Waals surface area contributed by atoms with Gasteiger partial charge in [-0.25, -0.2) is 0 Å². The van der Waals surface area contributed by atoms with Crippen LogP contribution in [0, 0.1) is 13.8 Å². The SMILES string of the molecule is CNCCCNc1cc(C)ccc1C. The zero-order valence-corrected chi connectivity index (χ0v) is 9.35. The van der Waals surface area contributed by atoms with Crippen LogP contribution < -0.4 is 10.6 Å². The molecule has 1 aromatic carbocycles. The second-order valence-electron chi connectivity index (χ2n) is 3.70. The van der Waals surface area contributed by atoms with Crippen LogP contribution in [-0.2, 0) is 0 Å². The van der Waals surface area contributed by atoms with E-state index in [4.69, 9.17) is 0 Å². The van der Waals surface area contributed by atoms with Gasteiger partial charge >= 0.3 is 0 Å². The Labute approximate surface area is 86.7 Å². The summed E-state index contributed by atoms with van der Waals surface area (Å²) in [6, 6.07) is 6.51. The minimum absolute atomic E-state index is 1.03. The molecule has 0 aromatic heterocycles. The molecule has 14 heavy (non-hydrogen) atoms. The van der Waals surface area contributed by atoms with Crippen molar-refractivity contribution in [1.29, 1.82) is 0 Å². The summed E-state index contributed by atoms with van der Waals surface area (Å²) >= 11 is 0. The van der Waals surface area contributed by atoms with Crippen molar-refractivity contribution in [2.75, 3.05) is 25.5 Å². The van der Waals surface area contributed by atoms with E-state index in [0.717, 1.165) is 19.5 Å². The van der Waals surface area contributed by atoms with Crippen molar-refractivity contribution in [3.8, 4) is 0 Å². The van der Waals surface area contributed by atoms with Crippen molar-refractivity contribution in [2.45, 2.75) is 20.3 Å². The molecule has 2 nitrogen and oxygen atoms in total. The van der Waals surface area contributed by atoms with E-state index in [1.807, 2.05) is 7.05 Å². The van der Waals surface area contributed by atoms with Gasteiger partial charge in [-0.15, -0.1) is 0 Å². The average molecular weight is 192 g/mol. The van der Waals surface area contributed by atoms with Crippen LogP contribution in [-0.4, -0.2) is 20.1 Å². The third kappa shape index (κ3) is 3.38. The minimum atomic E-state index is 1.03. The molecule has 0 aliphatic rings. The second kappa shape index (κ2) is 5.66. The lowest BCUT2D eigenvalue weighted by Gasteiger charge is -2.10.